The van der Waals surface area contributed by atoms with E-state index in [-0.39, 0.29) is 0 Å². The molecule has 5 nitrogen and oxygen atoms in total. The Morgan fingerprint density at radius 2 is 1.71 bits per heavy atom. The maximum Gasteiger partial charge on any atom is 0.156 e. The molecule has 2 aliphatic rings. The normalized spacial score (nSPS) is 26.4. The van der Waals surface area contributed by atoms with Crippen LogP contribution in [-0.4, -0.2) is 45.7 Å². The summed E-state index contributed by atoms with van der Waals surface area (Å²) in [4.78, 5) is 10.6. The Labute approximate surface area is 142 Å². The van der Waals surface area contributed by atoms with Crippen LogP contribution >= 0.6 is 0 Å². The van der Waals surface area contributed by atoms with E-state index >= 15 is 0 Å². The SMILES string of the molecule is Oc1ccc(CCN2CC3C[C@@H](Oc4cncnc4)C[C@@H]3C2)cc1. The molecule has 1 N–H and O–H groups in total. The first kappa shape index (κ1) is 15.4. The molecule has 1 aromatic carbocycles. The molecule has 2 aromatic rings. The van der Waals surface area contributed by atoms with Crippen LogP contribution in [0.15, 0.2) is 43.0 Å². The average Bonchev–Trinajstić information content (AvgIpc) is 3.13. The zero-order valence-corrected chi connectivity index (χ0v) is 13.7. The molecule has 4 rings (SSSR count). The smallest absolute Gasteiger partial charge is 0.156 e. The summed E-state index contributed by atoms with van der Waals surface area (Å²) in [6.45, 7) is 3.44. The molecular formula is C19H23N3O2. The summed E-state index contributed by atoms with van der Waals surface area (Å²) in [6.07, 6.45) is 8.63. The van der Waals surface area contributed by atoms with Crippen molar-refractivity contribution in [3.05, 3.63) is 48.5 Å². The number of phenolic OH excluding ortho intramolecular Hbond substituents is 1. The molecule has 0 spiro atoms. The number of benzene rings is 1. The number of hydrogen-bond donors (Lipinski definition) is 1. The van der Waals surface area contributed by atoms with Crippen molar-refractivity contribution in [2.45, 2.75) is 25.4 Å². The van der Waals surface area contributed by atoms with Gasteiger partial charge in [-0.05, 0) is 48.8 Å². The van der Waals surface area contributed by atoms with E-state index in [0.717, 1.165) is 43.4 Å². The number of rotatable bonds is 5. The van der Waals surface area contributed by atoms with Gasteiger partial charge in [-0.25, -0.2) is 9.97 Å². The van der Waals surface area contributed by atoms with Gasteiger partial charge in [-0.15, -0.1) is 0 Å². The van der Waals surface area contributed by atoms with Gasteiger partial charge < -0.3 is 14.7 Å². The standard InChI is InChI=1S/C19H23N3O2/c23-17-3-1-14(2-4-17)5-6-22-11-15-7-18(8-16(15)12-22)24-19-9-20-13-21-10-19/h1-4,9-10,13,15-16,18,23H,5-8,11-12H2/t15-,16?,18+/m1/s1. The van der Waals surface area contributed by atoms with Crippen molar-refractivity contribution in [1.82, 2.24) is 14.9 Å². The average molecular weight is 325 g/mol. The molecule has 0 bridgehead atoms. The largest absolute Gasteiger partial charge is 0.508 e. The van der Waals surface area contributed by atoms with Gasteiger partial charge in [0, 0.05) is 19.6 Å². The van der Waals surface area contributed by atoms with Gasteiger partial charge in [-0.1, -0.05) is 12.1 Å². The molecule has 1 aliphatic carbocycles. The molecule has 126 valence electrons. The predicted octanol–water partition coefficient (Wildman–Crippen LogP) is 2.51. The molecule has 5 heteroatoms. The van der Waals surface area contributed by atoms with Gasteiger partial charge in [0.25, 0.3) is 0 Å². The lowest BCUT2D eigenvalue weighted by atomic mass is 10.0. The Morgan fingerprint density at radius 1 is 1.04 bits per heavy atom. The van der Waals surface area contributed by atoms with E-state index in [0.29, 0.717) is 11.9 Å². The van der Waals surface area contributed by atoms with E-state index in [1.807, 2.05) is 12.1 Å². The van der Waals surface area contributed by atoms with Crippen molar-refractivity contribution < 1.29 is 9.84 Å². The number of aromatic hydroxyl groups is 1. The second kappa shape index (κ2) is 6.77. The fourth-order valence-corrected chi connectivity index (χ4v) is 4.11. The minimum absolute atomic E-state index is 0.310. The highest BCUT2D eigenvalue weighted by Gasteiger charge is 2.41. The van der Waals surface area contributed by atoms with E-state index in [4.69, 9.17) is 4.74 Å². The van der Waals surface area contributed by atoms with Crippen LogP contribution < -0.4 is 4.74 Å². The molecule has 3 atom stereocenters. The van der Waals surface area contributed by atoms with Crippen molar-refractivity contribution in [2.75, 3.05) is 19.6 Å². The van der Waals surface area contributed by atoms with Gasteiger partial charge in [-0.3, -0.25) is 0 Å². The number of phenols is 1. The monoisotopic (exact) mass is 325 g/mol. The van der Waals surface area contributed by atoms with Crippen LogP contribution in [0.2, 0.25) is 0 Å². The van der Waals surface area contributed by atoms with Crippen LogP contribution in [0.25, 0.3) is 0 Å². The first-order chi connectivity index (χ1) is 11.8. The molecule has 1 saturated carbocycles. The first-order valence-corrected chi connectivity index (χ1v) is 8.68. The van der Waals surface area contributed by atoms with E-state index < -0.39 is 0 Å². The zero-order chi connectivity index (χ0) is 16.4. The molecule has 1 unspecified atom stereocenters. The highest BCUT2D eigenvalue weighted by molar-refractivity contribution is 5.26. The zero-order valence-electron chi connectivity index (χ0n) is 13.7. The van der Waals surface area contributed by atoms with Gasteiger partial charge in [0.1, 0.15) is 12.1 Å². The van der Waals surface area contributed by atoms with E-state index in [1.165, 1.54) is 25.0 Å². The molecule has 1 aliphatic heterocycles. The first-order valence-electron chi connectivity index (χ1n) is 8.68. The van der Waals surface area contributed by atoms with Gasteiger partial charge in [0.2, 0.25) is 0 Å². The van der Waals surface area contributed by atoms with Crippen LogP contribution in [-0.2, 0) is 6.42 Å². The number of aromatic nitrogens is 2. The van der Waals surface area contributed by atoms with Crippen LogP contribution in [0.4, 0.5) is 0 Å². The fraction of sp³-hybridized carbons (Fsp3) is 0.474. The van der Waals surface area contributed by atoms with Gasteiger partial charge in [0.15, 0.2) is 5.75 Å². The summed E-state index contributed by atoms with van der Waals surface area (Å²) >= 11 is 0. The minimum atomic E-state index is 0.310. The number of hydrogen-bond acceptors (Lipinski definition) is 5. The highest BCUT2D eigenvalue weighted by atomic mass is 16.5. The maximum atomic E-state index is 9.35. The minimum Gasteiger partial charge on any atom is -0.508 e. The third-order valence-electron chi connectivity index (χ3n) is 5.28. The van der Waals surface area contributed by atoms with E-state index in [2.05, 4.69) is 14.9 Å². The summed E-state index contributed by atoms with van der Waals surface area (Å²) in [5, 5.41) is 9.35. The molecule has 1 aromatic heterocycles. The van der Waals surface area contributed by atoms with Crippen LogP contribution in [0.5, 0.6) is 11.5 Å². The number of likely N-dealkylation sites (tertiary alicyclic amines) is 1. The second-order valence-electron chi connectivity index (χ2n) is 6.98. The molecule has 0 radical (unpaired) electrons. The third-order valence-corrected chi connectivity index (χ3v) is 5.28. The lowest BCUT2D eigenvalue weighted by Gasteiger charge is -2.19. The summed E-state index contributed by atoms with van der Waals surface area (Å²) in [7, 11) is 0. The van der Waals surface area contributed by atoms with Gasteiger partial charge in [-0.2, -0.15) is 0 Å². The van der Waals surface area contributed by atoms with Gasteiger partial charge >= 0.3 is 0 Å². The Morgan fingerprint density at radius 3 is 2.38 bits per heavy atom. The van der Waals surface area contributed by atoms with Crippen LogP contribution in [0.3, 0.4) is 0 Å². The summed E-state index contributed by atoms with van der Waals surface area (Å²) in [6, 6.07) is 7.56. The molecular weight excluding hydrogens is 302 g/mol. The number of fused-ring (bicyclic) bond motifs is 1. The Kier molecular flexibility index (Phi) is 4.34. The van der Waals surface area contributed by atoms with Crippen LogP contribution in [0, 0.1) is 11.8 Å². The molecule has 1 saturated heterocycles. The quantitative estimate of drug-likeness (QED) is 0.915. The Bertz CT molecular complexity index is 648. The Balaban J connectivity index is 1.25. The summed E-state index contributed by atoms with van der Waals surface area (Å²) in [5.41, 5.74) is 1.29. The highest BCUT2D eigenvalue weighted by Crippen LogP contribution is 2.39. The van der Waals surface area contributed by atoms with Crippen LogP contribution in [0.1, 0.15) is 18.4 Å². The lowest BCUT2D eigenvalue weighted by Crippen LogP contribution is -2.26. The van der Waals surface area contributed by atoms with E-state index in [1.54, 1.807) is 24.5 Å². The summed E-state index contributed by atoms with van der Waals surface area (Å²) < 4.78 is 6.02. The fourth-order valence-electron chi connectivity index (χ4n) is 4.11. The van der Waals surface area contributed by atoms with Gasteiger partial charge in [0.05, 0.1) is 18.5 Å². The molecule has 2 heterocycles. The van der Waals surface area contributed by atoms with Crippen molar-refractivity contribution in [1.29, 1.82) is 0 Å². The number of ether oxygens (including phenoxy) is 1. The van der Waals surface area contributed by atoms with Crippen molar-refractivity contribution in [3.8, 4) is 11.5 Å². The van der Waals surface area contributed by atoms with E-state index in [9.17, 15) is 5.11 Å². The summed E-state index contributed by atoms with van der Waals surface area (Å²) in [5.74, 6) is 2.62. The number of nitrogens with zero attached hydrogens (tertiary/aromatic N) is 3. The van der Waals surface area contributed by atoms with Crippen molar-refractivity contribution in [2.24, 2.45) is 11.8 Å². The third kappa shape index (κ3) is 3.51. The lowest BCUT2D eigenvalue weighted by molar-refractivity contribution is 0.184. The molecule has 2 fully saturated rings. The molecule has 0 amide bonds. The Hall–Kier alpha value is -2.14. The van der Waals surface area contributed by atoms with Crippen molar-refractivity contribution in [3.63, 3.8) is 0 Å². The predicted molar refractivity (Wildman–Crippen MR) is 90.9 cm³/mol. The topological polar surface area (TPSA) is 58.5 Å². The van der Waals surface area contributed by atoms with Crippen molar-refractivity contribution >= 4 is 0 Å². The maximum absolute atomic E-state index is 9.35. The second-order valence-corrected chi connectivity index (χ2v) is 6.98. The molecule has 24 heavy (non-hydrogen) atoms.